The summed E-state index contributed by atoms with van der Waals surface area (Å²) in [6, 6.07) is 6.13. The summed E-state index contributed by atoms with van der Waals surface area (Å²) in [7, 11) is 2.01. The van der Waals surface area contributed by atoms with E-state index < -0.39 is 0 Å². The number of nitrogens with one attached hydrogen (secondary N) is 1. The predicted molar refractivity (Wildman–Crippen MR) is 87.5 cm³/mol. The van der Waals surface area contributed by atoms with Gasteiger partial charge in [-0.3, -0.25) is 0 Å². The van der Waals surface area contributed by atoms with Crippen molar-refractivity contribution in [2.24, 2.45) is 0 Å². The Morgan fingerprint density at radius 1 is 1.43 bits per heavy atom. The Balaban J connectivity index is 2.05. The molecule has 0 radical (unpaired) electrons. The molecule has 0 amide bonds. The van der Waals surface area contributed by atoms with Crippen molar-refractivity contribution >= 4 is 17.2 Å². The van der Waals surface area contributed by atoms with Crippen molar-refractivity contribution in [2.75, 3.05) is 18.5 Å². The number of nitrogens with zero attached hydrogens (tertiary/aromatic N) is 2. The maximum atomic E-state index is 13.4. The van der Waals surface area contributed by atoms with Crippen LogP contribution in [0.2, 0.25) is 0 Å². The van der Waals surface area contributed by atoms with E-state index in [-0.39, 0.29) is 5.82 Å². The summed E-state index contributed by atoms with van der Waals surface area (Å²) in [5.74, 6) is 0.562. The second-order valence-corrected chi connectivity index (χ2v) is 6.46. The van der Waals surface area contributed by atoms with Crippen LogP contribution in [-0.4, -0.2) is 24.6 Å². The summed E-state index contributed by atoms with van der Waals surface area (Å²) < 4.78 is 13.4. The highest BCUT2D eigenvalue weighted by Gasteiger charge is 2.11. The Kier molecular flexibility index (Phi) is 5.70. The van der Waals surface area contributed by atoms with Gasteiger partial charge in [0.25, 0.3) is 0 Å². The van der Waals surface area contributed by atoms with Gasteiger partial charge < -0.3 is 10.2 Å². The Hall–Kier alpha value is -1.46. The molecule has 0 spiro atoms. The summed E-state index contributed by atoms with van der Waals surface area (Å²) in [4.78, 5) is 7.72. The molecule has 21 heavy (non-hydrogen) atoms. The number of hydrogen-bond acceptors (Lipinski definition) is 4. The summed E-state index contributed by atoms with van der Waals surface area (Å²) in [5.41, 5.74) is 0.900. The zero-order chi connectivity index (χ0) is 15.2. The number of pyridine rings is 1. The third-order valence-corrected chi connectivity index (χ3v) is 4.18. The quantitative estimate of drug-likeness (QED) is 0.849. The molecule has 2 aromatic rings. The Labute approximate surface area is 129 Å². The smallest absolute Gasteiger partial charge is 0.141 e. The molecule has 0 unspecified atom stereocenters. The lowest BCUT2D eigenvalue weighted by molar-refractivity contribution is 0.577. The van der Waals surface area contributed by atoms with Crippen LogP contribution in [-0.2, 0) is 13.0 Å². The minimum Gasteiger partial charge on any atom is -0.359 e. The standard InChI is InChI=1S/C16H22FN3S/c1-12(2)18-10-13-9-14(17)11-19-16(13)20(3)7-6-15-5-4-8-21-15/h4-5,8-9,11-12,18H,6-7,10H2,1-3H3. The van der Waals surface area contributed by atoms with Gasteiger partial charge in [0.05, 0.1) is 6.20 Å². The van der Waals surface area contributed by atoms with Gasteiger partial charge in [0.1, 0.15) is 11.6 Å². The number of halogens is 1. The minimum absolute atomic E-state index is 0.286. The zero-order valence-corrected chi connectivity index (χ0v) is 13.6. The highest BCUT2D eigenvalue weighted by molar-refractivity contribution is 7.09. The average Bonchev–Trinajstić information content (AvgIpc) is 2.96. The van der Waals surface area contributed by atoms with Crippen molar-refractivity contribution in [1.82, 2.24) is 10.3 Å². The van der Waals surface area contributed by atoms with E-state index in [1.165, 1.54) is 11.1 Å². The highest BCUT2D eigenvalue weighted by atomic mass is 32.1. The van der Waals surface area contributed by atoms with Gasteiger partial charge in [-0.05, 0) is 23.9 Å². The minimum atomic E-state index is -0.286. The first-order valence-corrected chi connectivity index (χ1v) is 8.05. The van der Waals surface area contributed by atoms with Crippen molar-refractivity contribution < 1.29 is 4.39 Å². The molecule has 0 aliphatic carbocycles. The number of likely N-dealkylation sites (N-methyl/N-ethyl adjacent to an activating group) is 1. The molecule has 0 aliphatic rings. The predicted octanol–water partition coefficient (Wildman–Crippen LogP) is 3.46. The van der Waals surface area contributed by atoms with Crippen LogP contribution in [0.15, 0.2) is 29.8 Å². The summed E-state index contributed by atoms with van der Waals surface area (Å²) in [6.45, 7) is 5.65. The van der Waals surface area contributed by atoms with Crippen LogP contribution in [0.5, 0.6) is 0 Å². The fourth-order valence-electron chi connectivity index (χ4n) is 2.10. The molecule has 0 saturated carbocycles. The molecule has 0 aliphatic heterocycles. The van der Waals surface area contributed by atoms with E-state index in [0.717, 1.165) is 24.3 Å². The van der Waals surface area contributed by atoms with E-state index in [2.05, 4.69) is 46.6 Å². The van der Waals surface area contributed by atoms with Crippen molar-refractivity contribution in [1.29, 1.82) is 0 Å². The van der Waals surface area contributed by atoms with Gasteiger partial charge in [-0.2, -0.15) is 0 Å². The number of thiophene rings is 1. The molecular formula is C16H22FN3S. The second-order valence-electron chi connectivity index (χ2n) is 5.42. The van der Waals surface area contributed by atoms with Gasteiger partial charge in [-0.15, -0.1) is 11.3 Å². The van der Waals surface area contributed by atoms with Crippen LogP contribution >= 0.6 is 11.3 Å². The summed E-state index contributed by atoms with van der Waals surface area (Å²) in [5, 5.41) is 5.41. The average molecular weight is 307 g/mol. The Morgan fingerprint density at radius 2 is 2.24 bits per heavy atom. The molecule has 2 heterocycles. The zero-order valence-electron chi connectivity index (χ0n) is 12.8. The maximum Gasteiger partial charge on any atom is 0.141 e. The lowest BCUT2D eigenvalue weighted by Gasteiger charge is -2.21. The van der Waals surface area contributed by atoms with E-state index in [4.69, 9.17) is 0 Å². The third-order valence-electron chi connectivity index (χ3n) is 3.25. The van der Waals surface area contributed by atoms with Crippen LogP contribution in [0.25, 0.3) is 0 Å². The van der Waals surface area contributed by atoms with Crippen LogP contribution < -0.4 is 10.2 Å². The van der Waals surface area contributed by atoms with E-state index in [1.54, 1.807) is 17.4 Å². The number of hydrogen-bond donors (Lipinski definition) is 1. The van der Waals surface area contributed by atoms with Crippen LogP contribution in [0.3, 0.4) is 0 Å². The first-order chi connectivity index (χ1) is 10.1. The Bertz CT molecular complexity index is 555. The molecule has 2 rings (SSSR count). The van der Waals surface area contributed by atoms with Gasteiger partial charge in [-0.1, -0.05) is 19.9 Å². The molecule has 114 valence electrons. The largest absolute Gasteiger partial charge is 0.359 e. The number of anilines is 1. The highest BCUT2D eigenvalue weighted by Crippen LogP contribution is 2.19. The van der Waals surface area contributed by atoms with Crippen molar-refractivity contribution in [3.63, 3.8) is 0 Å². The molecule has 0 fully saturated rings. The van der Waals surface area contributed by atoms with E-state index in [0.29, 0.717) is 12.6 Å². The second kappa shape index (κ2) is 7.52. The first kappa shape index (κ1) is 15.9. The lowest BCUT2D eigenvalue weighted by Crippen LogP contribution is -2.26. The van der Waals surface area contributed by atoms with Crippen molar-refractivity contribution in [3.8, 4) is 0 Å². The molecule has 0 atom stereocenters. The van der Waals surface area contributed by atoms with E-state index in [1.807, 2.05) is 7.05 Å². The van der Waals surface area contributed by atoms with Gasteiger partial charge >= 0.3 is 0 Å². The molecule has 1 N–H and O–H groups in total. The molecule has 3 nitrogen and oxygen atoms in total. The Morgan fingerprint density at radius 3 is 2.90 bits per heavy atom. The van der Waals surface area contributed by atoms with Gasteiger partial charge in [-0.25, -0.2) is 9.37 Å². The third kappa shape index (κ3) is 4.79. The maximum absolute atomic E-state index is 13.4. The summed E-state index contributed by atoms with van der Waals surface area (Å²) >= 11 is 1.76. The van der Waals surface area contributed by atoms with Crippen LogP contribution in [0.4, 0.5) is 10.2 Å². The molecule has 0 saturated heterocycles. The molecule has 2 aromatic heterocycles. The number of rotatable bonds is 7. The first-order valence-electron chi connectivity index (χ1n) is 7.17. The number of aromatic nitrogens is 1. The topological polar surface area (TPSA) is 28.2 Å². The van der Waals surface area contributed by atoms with Crippen molar-refractivity contribution in [3.05, 3.63) is 46.0 Å². The fourth-order valence-corrected chi connectivity index (χ4v) is 2.80. The lowest BCUT2D eigenvalue weighted by atomic mass is 10.2. The van der Waals surface area contributed by atoms with E-state index >= 15 is 0 Å². The monoisotopic (exact) mass is 307 g/mol. The van der Waals surface area contributed by atoms with Crippen LogP contribution in [0, 0.1) is 5.82 Å². The van der Waals surface area contributed by atoms with Gasteiger partial charge in [0, 0.05) is 36.6 Å². The molecular weight excluding hydrogens is 285 g/mol. The van der Waals surface area contributed by atoms with Crippen molar-refractivity contribution in [2.45, 2.75) is 32.9 Å². The van der Waals surface area contributed by atoms with E-state index in [9.17, 15) is 4.39 Å². The van der Waals surface area contributed by atoms with Gasteiger partial charge in [0.2, 0.25) is 0 Å². The molecule has 0 aromatic carbocycles. The van der Waals surface area contributed by atoms with Gasteiger partial charge in [0.15, 0.2) is 0 Å². The summed E-state index contributed by atoms with van der Waals surface area (Å²) in [6.07, 6.45) is 2.26. The van der Waals surface area contributed by atoms with Crippen LogP contribution in [0.1, 0.15) is 24.3 Å². The molecule has 0 bridgehead atoms. The SMILES string of the molecule is CC(C)NCc1cc(F)cnc1N(C)CCc1cccs1. The normalized spacial score (nSPS) is 11.1. The fraction of sp³-hybridized carbons (Fsp3) is 0.438. The molecule has 5 heteroatoms.